The second-order valence-corrected chi connectivity index (χ2v) is 6.89. The largest absolute Gasteiger partial charge is 0.353 e. The summed E-state index contributed by atoms with van der Waals surface area (Å²) >= 11 is 1.48. The maximum Gasteiger partial charge on any atom is 0.225 e. The number of hydrogen-bond acceptors (Lipinski definition) is 8. The minimum absolute atomic E-state index is 0.274. The summed E-state index contributed by atoms with van der Waals surface area (Å²) in [5, 5.41) is 10.1. The lowest BCUT2D eigenvalue weighted by atomic mass is 10.0. The smallest absolute Gasteiger partial charge is 0.225 e. The SMILES string of the molecule is CSc1ncc(C#N)c(N2CCCC(N(C)c3ncc(C)cn3)C2)n1. The molecule has 25 heavy (non-hydrogen) atoms. The van der Waals surface area contributed by atoms with Crippen molar-refractivity contribution in [2.45, 2.75) is 31.0 Å². The summed E-state index contributed by atoms with van der Waals surface area (Å²) in [4.78, 5) is 21.9. The Morgan fingerprint density at radius 3 is 2.72 bits per heavy atom. The van der Waals surface area contributed by atoms with Gasteiger partial charge in [0.25, 0.3) is 0 Å². The summed E-state index contributed by atoms with van der Waals surface area (Å²) in [5.74, 6) is 1.45. The molecule has 1 aliphatic heterocycles. The van der Waals surface area contributed by atoms with E-state index >= 15 is 0 Å². The van der Waals surface area contributed by atoms with Crippen molar-refractivity contribution in [1.82, 2.24) is 19.9 Å². The van der Waals surface area contributed by atoms with E-state index in [2.05, 4.69) is 35.8 Å². The van der Waals surface area contributed by atoms with Crippen LogP contribution in [0.25, 0.3) is 0 Å². The zero-order chi connectivity index (χ0) is 17.8. The van der Waals surface area contributed by atoms with Crippen LogP contribution >= 0.6 is 11.8 Å². The molecule has 0 radical (unpaired) electrons. The molecule has 3 rings (SSSR count). The van der Waals surface area contributed by atoms with E-state index in [1.54, 1.807) is 6.20 Å². The van der Waals surface area contributed by atoms with Crippen molar-refractivity contribution in [2.75, 3.05) is 36.2 Å². The molecule has 3 heterocycles. The lowest BCUT2D eigenvalue weighted by Crippen LogP contribution is -2.47. The topological polar surface area (TPSA) is 81.8 Å². The summed E-state index contributed by atoms with van der Waals surface area (Å²) in [6, 6.07) is 2.49. The molecule has 130 valence electrons. The number of aromatic nitrogens is 4. The van der Waals surface area contributed by atoms with E-state index in [4.69, 9.17) is 0 Å². The lowest BCUT2D eigenvalue weighted by molar-refractivity contribution is 0.479. The third-order valence-electron chi connectivity index (χ3n) is 4.38. The van der Waals surface area contributed by atoms with Gasteiger partial charge in [-0.05, 0) is 31.6 Å². The zero-order valence-corrected chi connectivity index (χ0v) is 15.5. The summed E-state index contributed by atoms with van der Waals surface area (Å²) in [6.07, 6.45) is 9.32. The molecule has 0 bridgehead atoms. The molecule has 8 heteroatoms. The van der Waals surface area contributed by atoms with E-state index < -0.39 is 0 Å². The molecular formula is C17H21N7S. The second-order valence-electron chi connectivity index (χ2n) is 6.12. The van der Waals surface area contributed by atoms with Crippen molar-refractivity contribution < 1.29 is 0 Å². The Morgan fingerprint density at radius 1 is 1.28 bits per heavy atom. The predicted octanol–water partition coefficient (Wildman–Crippen LogP) is 2.27. The van der Waals surface area contributed by atoms with Crippen LogP contribution in [0, 0.1) is 18.3 Å². The van der Waals surface area contributed by atoms with E-state index in [9.17, 15) is 5.26 Å². The normalized spacial score (nSPS) is 17.2. The summed E-state index contributed by atoms with van der Waals surface area (Å²) in [5.41, 5.74) is 1.57. The van der Waals surface area contributed by atoms with E-state index in [0.717, 1.165) is 43.3 Å². The van der Waals surface area contributed by atoms with Gasteiger partial charge in [0.1, 0.15) is 11.6 Å². The zero-order valence-electron chi connectivity index (χ0n) is 14.7. The van der Waals surface area contributed by atoms with Gasteiger partial charge in [-0.3, -0.25) is 0 Å². The molecule has 1 unspecified atom stereocenters. The summed E-state index contributed by atoms with van der Waals surface area (Å²) < 4.78 is 0. The first kappa shape index (κ1) is 17.4. The highest BCUT2D eigenvalue weighted by atomic mass is 32.2. The van der Waals surface area contributed by atoms with Crippen LogP contribution in [0.2, 0.25) is 0 Å². The minimum Gasteiger partial charge on any atom is -0.353 e. The molecule has 0 amide bonds. The van der Waals surface area contributed by atoms with Gasteiger partial charge in [0.2, 0.25) is 5.95 Å². The highest BCUT2D eigenvalue weighted by molar-refractivity contribution is 7.98. The number of rotatable bonds is 4. The molecule has 1 aliphatic rings. The number of likely N-dealkylation sites (N-methyl/N-ethyl adjacent to an activating group) is 1. The standard InChI is InChI=1S/C17H21N7S/c1-12-8-19-16(20-9-12)23(2)14-5-4-6-24(11-14)15-13(7-18)10-21-17(22-15)25-3/h8-10,14H,4-6,11H2,1-3H3. The molecule has 7 nitrogen and oxygen atoms in total. The number of anilines is 2. The van der Waals surface area contributed by atoms with Gasteiger partial charge in [-0.25, -0.2) is 19.9 Å². The molecule has 0 aliphatic carbocycles. The average molecular weight is 355 g/mol. The monoisotopic (exact) mass is 355 g/mol. The predicted molar refractivity (Wildman–Crippen MR) is 98.9 cm³/mol. The minimum atomic E-state index is 0.274. The first-order valence-electron chi connectivity index (χ1n) is 8.20. The van der Waals surface area contributed by atoms with Gasteiger partial charge >= 0.3 is 0 Å². The van der Waals surface area contributed by atoms with Gasteiger partial charge in [-0.1, -0.05) is 11.8 Å². The van der Waals surface area contributed by atoms with Crippen molar-refractivity contribution >= 4 is 23.5 Å². The quantitative estimate of drug-likeness (QED) is 0.610. The van der Waals surface area contributed by atoms with E-state index in [0.29, 0.717) is 10.7 Å². The first-order valence-corrected chi connectivity index (χ1v) is 9.42. The highest BCUT2D eigenvalue weighted by Crippen LogP contribution is 2.26. The molecular weight excluding hydrogens is 334 g/mol. The molecule has 0 saturated carbocycles. The van der Waals surface area contributed by atoms with Crippen LogP contribution in [-0.4, -0.2) is 52.4 Å². The van der Waals surface area contributed by atoms with E-state index in [1.165, 1.54) is 11.8 Å². The van der Waals surface area contributed by atoms with Gasteiger partial charge in [0.15, 0.2) is 11.0 Å². The molecule has 0 N–H and O–H groups in total. The summed E-state index contributed by atoms with van der Waals surface area (Å²) in [6.45, 7) is 3.65. The second kappa shape index (κ2) is 7.66. The first-order chi connectivity index (χ1) is 12.1. The third kappa shape index (κ3) is 3.82. The fraction of sp³-hybridized carbons (Fsp3) is 0.471. The van der Waals surface area contributed by atoms with Crippen molar-refractivity contribution in [3.63, 3.8) is 0 Å². The average Bonchev–Trinajstić information content (AvgIpc) is 2.67. The summed E-state index contributed by atoms with van der Waals surface area (Å²) in [7, 11) is 2.03. The molecule has 1 atom stereocenters. The Balaban J connectivity index is 1.81. The van der Waals surface area contributed by atoms with Crippen LogP contribution < -0.4 is 9.80 Å². The fourth-order valence-electron chi connectivity index (χ4n) is 2.97. The number of thioether (sulfide) groups is 1. The number of aryl methyl sites for hydroxylation is 1. The van der Waals surface area contributed by atoms with Crippen molar-refractivity contribution in [1.29, 1.82) is 5.26 Å². The molecule has 1 fully saturated rings. The lowest BCUT2D eigenvalue weighted by Gasteiger charge is -2.38. The van der Waals surface area contributed by atoms with Gasteiger partial charge in [-0.15, -0.1) is 0 Å². The third-order valence-corrected chi connectivity index (χ3v) is 4.94. The number of hydrogen-bond donors (Lipinski definition) is 0. The maximum absolute atomic E-state index is 9.40. The van der Waals surface area contributed by atoms with Crippen LogP contribution in [-0.2, 0) is 0 Å². The Kier molecular flexibility index (Phi) is 5.34. The molecule has 2 aromatic rings. The van der Waals surface area contributed by atoms with Gasteiger partial charge in [0, 0.05) is 38.6 Å². The van der Waals surface area contributed by atoms with E-state index in [-0.39, 0.29) is 6.04 Å². The Morgan fingerprint density at radius 2 is 2.04 bits per heavy atom. The van der Waals surface area contributed by atoms with Crippen LogP contribution in [0.15, 0.2) is 23.7 Å². The number of piperidine rings is 1. The van der Waals surface area contributed by atoms with E-state index in [1.807, 2.05) is 32.6 Å². The van der Waals surface area contributed by atoms with Gasteiger partial charge in [-0.2, -0.15) is 5.26 Å². The van der Waals surface area contributed by atoms with Crippen molar-refractivity contribution in [2.24, 2.45) is 0 Å². The molecule has 1 saturated heterocycles. The number of nitrogens with zero attached hydrogens (tertiary/aromatic N) is 7. The highest BCUT2D eigenvalue weighted by Gasteiger charge is 2.27. The fourth-order valence-corrected chi connectivity index (χ4v) is 3.31. The Hall–Kier alpha value is -2.40. The van der Waals surface area contributed by atoms with Crippen LogP contribution in [0.4, 0.5) is 11.8 Å². The van der Waals surface area contributed by atoms with Gasteiger partial charge in [0.05, 0.1) is 6.20 Å². The molecule has 2 aromatic heterocycles. The maximum atomic E-state index is 9.40. The van der Waals surface area contributed by atoms with Crippen LogP contribution in [0.3, 0.4) is 0 Å². The van der Waals surface area contributed by atoms with Crippen LogP contribution in [0.5, 0.6) is 0 Å². The Labute approximate surface area is 152 Å². The van der Waals surface area contributed by atoms with Crippen LogP contribution in [0.1, 0.15) is 24.0 Å². The van der Waals surface area contributed by atoms with Crippen molar-refractivity contribution in [3.05, 3.63) is 29.7 Å². The Bertz CT molecular complexity index is 772. The van der Waals surface area contributed by atoms with Gasteiger partial charge < -0.3 is 9.80 Å². The number of nitriles is 1. The molecule has 0 aromatic carbocycles. The molecule has 0 spiro atoms. The van der Waals surface area contributed by atoms with Crippen molar-refractivity contribution in [3.8, 4) is 6.07 Å².